The molecule has 0 fully saturated rings. The number of hydrogen-bond donors (Lipinski definition) is 2. The number of carbonyl (C=O) groups is 3. The maximum absolute atomic E-state index is 12.7. The number of benzene rings is 1. The van der Waals surface area contributed by atoms with E-state index in [1.807, 2.05) is 0 Å². The molecule has 158 valence electrons. The van der Waals surface area contributed by atoms with Crippen LogP contribution in [0.4, 0.5) is 4.79 Å². The van der Waals surface area contributed by atoms with E-state index in [-0.39, 0.29) is 25.6 Å². The van der Waals surface area contributed by atoms with E-state index in [0.29, 0.717) is 22.6 Å². The monoisotopic (exact) mass is 404 g/mol. The normalized spacial score (nSPS) is 16.2. The molecule has 1 heterocycles. The quantitative estimate of drug-likeness (QED) is 0.624. The van der Waals surface area contributed by atoms with Gasteiger partial charge in [0, 0.05) is 26.3 Å². The molecule has 0 radical (unpaired) electrons. The molecule has 0 aliphatic carbocycles. The van der Waals surface area contributed by atoms with E-state index in [1.165, 1.54) is 4.90 Å². The average molecular weight is 404 g/mol. The zero-order chi connectivity index (χ0) is 21.6. The summed E-state index contributed by atoms with van der Waals surface area (Å²) in [6.45, 7) is 2.27. The summed E-state index contributed by atoms with van der Waals surface area (Å²) >= 11 is 0. The van der Waals surface area contributed by atoms with Crippen LogP contribution in [0.3, 0.4) is 0 Å². The summed E-state index contributed by atoms with van der Waals surface area (Å²) in [6, 6.07) is 5.97. The highest BCUT2D eigenvalue weighted by Gasteiger charge is 2.34. The summed E-state index contributed by atoms with van der Waals surface area (Å²) < 4.78 is 10.4. The highest BCUT2D eigenvalue weighted by atomic mass is 16.5. The highest BCUT2D eigenvalue weighted by molar-refractivity contribution is 5.95. The van der Waals surface area contributed by atoms with Crippen molar-refractivity contribution < 1.29 is 23.9 Å². The maximum Gasteiger partial charge on any atom is 0.338 e. The molecule has 0 bridgehead atoms. The van der Waals surface area contributed by atoms with Gasteiger partial charge in [-0.2, -0.15) is 0 Å². The van der Waals surface area contributed by atoms with Crippen LogP contribution in [0.25, 0.3) is 0 Å². The first-order valence-electron chi connectivity index (χ1n) is 9.27. The molecule has 1 aliphatic heterocycles. The fourth-order valence-corrected chi connectivity index (χ4v) is 2.94. The Hall–Kier alpha value is -3.07. The van der Waals surface area contributed by atoms with Crippen molar-refractivity contribution in [3.63, 3.8) is 0 Å². The first-order valence-corrected chi connectivity index (χ1v) is 9.27. The number of hydrogen-bond acceptors (Lipinski definition) is 6. The SMILES string of the molecule is CCOC(=O)C1=C(CN(C)CC(=O)N(C)C)NC(=O)NC1c1ccc(OC)cc1. The van der Waals surface area contributed by atoms with E-state index in [4.69, 9.17) is 9.47 Å². The van der Waals surface area contributed by atoms with Crippen LogP contribution < -0.4 is 15.4 Å². The Morgan fingerprint density at radius 1 is 1.14 bits per heavy atom. The number of esters is 1. The van der Waals surface area contributed by atoms with Gasteiger partial charge >= 0.3 is 12.0 Å². The predicted octanol–water partition coefficient (Wildman–Crippen LogP) is 0.886. The minimum absolute atomic E-state index is 0.0854. The topological polar surface area (TPSA) is 100 Å². The standard InChI is InChI=1S/C20H28N4O5/c1-6-29-19(26)17-15(11-24(4)12-16(25)23(2)3)21-20(27)22-18(17)13-7-9-14(28-5)10-8-13/h7-10,18H,6,11-12H2,1-5H3,(H2,21,22,27). The van der Waals surface area contributed by atoms with Gasteiger partial charge < -0.3 is 25.0 Å². The maximum atomic E-state index is 12.7. The van der Waals surface area contributed by atoms with Crippen molar-refractivity contribution in [3.8, 4) is 5.75 Å². The van der Waals surface area contributed by atoms with E-state index in [1.54, 1.807) is 64.3 Å². The van der Waals surface area contributed by atoms with Gasteiger partial charge in [-0.25, -0.2) is 9.59 Å². The number of amides is 3. The van der Waals surface area contributed by atoms with Crippen molar-refractivity contribution >= 4 is 17.9 Å². The first-order chi connectivity index (χ1) is 13.8. The summed E-state index contributed by atoms with van der Waals surface area (Å²) in [4.78, 5) is 40.2. The molecule has 0 spiro atoms. The van der Waals surface area contributed by atoms with E-state index in [2.05, 4.69) is 10.6 Å². The molecule has 1 atom stereocenters. The van der Waals surface area contributed by atoms with Crippen LogP contribution in [-0.2, 0) is 14.3 Å². The number of nitrogens with zero attached hydrogens (tertiary/aromatic N) is 2. The van der Waals surface area contributed by atoms with Crippen LogP contribution in [0.5, 0.6) is 5.75 Å². The second kappa shape index (κ2) is 9.92. The third-order valence-electron chi connectivity index (χ3n) is 4.43. The zero-order valence-corrected chi connectivity index (χ0v) is 17.4. The molecular formula is C20H28N4O5. The van der Waals surface area contributed by atoms with Crippen LogP contribution in [0, 0.1) is 0 Å². The summed E-state index contributed by atoms with van der Waals surface area (Å²) in [5.74, 6) is 0.0544. The summed E-state index contributed by atoms with van der Waals surface area (Å²) in [5.41, 5.74) is 1.43. The molecule has 1 aliphatic rings. The van der Waals surface area contributed by atoms with Crippen LogP contribution in [0.1, 0.15) is 18.5 Å². The fourth-order valence-electron chi connectivity index (χ4n) is 2.94. The van der Waals surface area contributed by atoms with Gasteiger partial charge in [0.25, 0.3) is 0 Å². The Kier molecular flexibility index (Phi) is 7.60. The lowest BCUT2D eigenvalue weighted by atomic mass is 9.95. The van der Waals surface area contributed by atoms with Crippen LogP contribution in [-0.4, -0.2) is 75.7 Å². The van der Waals surface area contributed by atoms with Crippen LogP contribution >= 0.6 is 0 Å². The number of methoxy groups -OCH3 is 1. The largest absolute Gasteiger partial charge is 0.497 e. The van der Waals surface area contributed by atoms with Gasteiger partial charge in [-0.05, 0) is 31.7 Å². The molecule has 0 aromatic heterocycles. The van der Waals surface area contributed by atoms with E-state index in [9.17, 15) is 14.4 Å². The van der Waals surface area contributed by atoms with Gasteiger partial charge in [0.1, 0.15) is 5.75 Å². The third kappa shape index (κ3) is 5.71. The number of nitrogens with one attached hydrogen (secondary N) is 2. The number of carbonyl (C=O) groups excluding carboxylic acids is 3. The lowest BCUT2D eigenvalue weighted by Crippen LogP contribution is -2.48. The van der Waals surface area contributed by atoms with Crippen molar-refractivity contribution in [1.29, 1.82) is 0 Å². The Bertz CT molecular complexity index is 789. The number of rotatable bonds is 8. The molecule has 2 rings (SSSR count). The molecule has 0 saturated carbocycles. The van der Waals surface area contributed by atoms with E-state index >= 15 is 0 Å². The predicted molar refractivity (Wildman–Crippen MR) is 107 cm³/mol. The summed E-state index contributed by atoms with van der Waals surface area (Å²) in [5, 5.41) is 5.48. The second-order valence-electron chi connectivity index (χ2n) is 6.88. The van der Waals surface area contributed by atoms with Crippen molar-refractivity contribution in [1.82, 2.24) is 20.4 Å². The Morgan fingerprint density at radius 3 is 2.34 bits per heavy atom. The van der Waals surface area contributed by atoms with E-state index < -0.39 is 18.0 Å². The lowest BCUT2D eigenvalue weighted by molar-refractivity contribution is -0.139. The molecule has 0 saturated heterocycles. The average Bonchev–Trinajstić information content (AvgIpc) is 2.67. The number of likely N-dealkylation sites (N-methyl/N-ethyl adjacent to an activating group) is 2. The molecule has 29 heavy (non-hydrogen) atoms. The Balaban J connectivity index is 2.40. The van der Waals surface area contributed by atoms with Gasteiger partial charge in [0.2, 0.25) is 5.91 Å². The molecule has 1 aromatic carbocycles. The molecule has 2 N–H and O–H groups in total. The van der Waals surface area contributed by atoms with Crippen LogP contribution in [0.15, 0.2) is 35.5 Å². The third-order valence-corrected chi connectivity index (χ3v) is 4.43. The lowest BCUT2D eigenvalue weighted by Gasteiger charge is -2.31. The van der Waals surface area contributed by atoms with Gasteiger partial charge in [-0.3, -0.25) is 9.69 Å². The van der Waals surface area contributed by atoms with Crippen molar-refractivity contribution in [3.05, 3.63) is 41.1 Å². The summed E-state index contributed by atoms with van der Waals surface area (Å²) in [7, 11) is 6.65. The van der Waals surface area contributed by atoms with Gasteiger partial charge in [0.15, 0.2) is 0 Å². The van der Waals surface area contributed by atoms with Gasteiger partial charge in [0.05, 0.1) is 31.9 Å². The smallest absolute Gasteiger partial charge is 0.338 e. The van der Waals surface area contributed by atoms with Crippen molar-refractivity contribution in [2.45, 2.75) is 13.0 Å². The van der Waals surface area contributed by atoms with Crippen molar-refractivity contribution in [2.75, 3.05) is 47.9 Å². The van der Waals surface area contributed by atoms with Gasteiger partial charge in [-0.1, -0.05) is 12.1 Å². The number of ether oxygens (including phenoxy) is 2. The summed E-state index contributed by atoms with van der Waals surface area (Å²) in [6.07, 6.45) is 0. The Morgan fingerprint density at radius 2 is 1.79 bits per heavy atom. The molecule has 9 nitrogen and oxygen atoms in total. The first kappa shape index (κ1) is 22.2. The second-order valence-corrected chi connectivity index (χ2v) is 6.88. The van der Waals surface area contributed by atoms with Crippen LogP contribution in [0.2, 0.25) is 0 Å². The minimum Gasteiger partial charge on any atom is -0.497 e. The minimum atomic E-state index is -0.679. The molecule has 9 heteroatoms. The van der Waals surface area contributed by atoms with E-state index in [0.717, 1.165) is 0 Å². The fraction of sp³-hybridized carbons (Fsp3) is 0.450. The van der Waals surface area contributed by atoms with Crippen molar-refractivity contribution in [2.24, 2.45) is 0 Å². The zero-order valence-electron chi connectivity index (χ0n) is 17.4. The molecule has 1 unspecified atom stereocenters. The Labute approximate surface area is 170 Å². The number of urea groups is 1. The molecular weight excluding hydrogens is 376 g/mol. The molecule has 1 aromatic rings. The molecule has 3 amide bonds. The van der Waals surface area contributed by atoms with Gasteiger partial charge in [-0.15, -0.1) is 0 Å². The highest BCUT2D eigenvalue weighted by Crippen LogP contribution is 2.29.